The van der Waals surface area contributed by atoms with E-state index in [4.69, 9.17) is 9.47 Å². The second-order valence-electron chi connectivity index (χ2n) is 12.9. The summed E-state index contributed by atoms with van der Waals surface area (Å²) in [5.41, 5.74) is -3.10. The Hall–Kier alpha value is -2.65. The maximum absolute atomic E-state index is 13.2. The number of carbonyl (C=O) groups excluding carboxylic acids is 4. The number of amides is 4. The molecule has 4 amide bonds. The topological polar surface area (TPSA) is 201 Å². The summed E-state index contributed by atoms with van der Waals surface area (Å²) in [6, 6.07) is -2.61. The Morgan fingerprint density at radius 2 is 1.85 bits per heavy atom. The van der Waals surface area contributed by atoms with Crippen LogP contribution >= 0.6 is 0 Å². The lowest BCUT2D eigenvalue weighted by atomic mass is 9.66. The molecule has 2 heterocycles. The molecule has 0 aromatic carbocycles. The van der Waals surface area contributed by atoms with Crippen LogP contribution in [-0.4, -0.2) is 95.8 Å². The Balaban J connectivity index is 1.56. The van der Waals surface area contributed by atoms with Crippen molar-refractivity contribution < 1.29 is 46.7 Å². The third-order valence-corrected chi connectivity index (χ3v) is 8.62. The van der Waals surface area contributed by atoms with Crippen molar-refractivity contribution in [3.05, 3.63) is 0 Å². The van der Waals surface area contributed by atoms with Crippen LogP contribution in [0.4, 0.5) is 9.59 Å². The molecule has 234 valence electrons. The summed E-state index contributed by atoms with van der Waals surface area (Å²) in [6.07, 6.45) is 0.635. The fraction of sp³-hybridized carbons (Fsp3) is 0.846. The van der Waals surface area contributed by atoms with Crippen LogP contribution in [0.1, 0.15) is 73.1 Å². The van der Waals surface area contributed by atoms with E-state index >= 15 is 0 Å². The minimum absolute atomic E-state index is 0.0547. The first-order valence-corrected chi connectivity index (χ1v) is 15.6. The summed E-state index contributed by atoms with van der Waals surface area (Å²) in [7, 11) is -4.96. The zero-order chi connectivity index (χ0) is 30.8. The van der Waals surface area contributed by atoms with Crippen LogP contribution in [0.3, 0.4) is 0 Å². The molecule has 14 nitrogen and oxygen atoms in total. The second kappa shape index (κ2) is 12.7. The molecule has 1 aliphatic carbocycles. The summed E-state index contributed by atoms with van der Waals surface area (Å²) in [5, 5.41) is 17.8. The molecule has 0 aromatic heterocycles. The highest BCUT2D eigenvalue weighted by atomic mass is 32.2. The Morgan fingerprint density at radius 1 is 1.20 bits per heavy atom. The third kappa shape index (κ3) is 9.17. The molecule has 1 spiro atoms. The van der Waals surface area contributed by atoms with Crippen molar-refractivity contribution in [3.63, 3.8) is 0 Å². The monoisotopic (exact) mass is 604 g/mol. The molecule has 2 aliphatic heterocycles. The van der Waals surface area contributed by atoms with Crippen LogP contribution < -0.4 is 16.0 Å². The van der Waals surface area contributed by atoms with Crippen molar-refractivity contribution in [1.82, 2.24) is 20.9 Å². The number of alkyl carbamates (subject to hydrolysis) is 1. The Bertz CT molecular complexity index is 1100. The molecule has 3 fully saturated rings. The zero-order valence-corrected chi connectivity index (χ0v) is 25.2. The standard InChI is InChI=1S/C26H44N4O10S/c1-15(2)10-18(21(32)28-19(22(33)41(36,37)38)11-16-6-8-27-20(16)31)29-23(34)39-17-12-26(13-17)7-9-30(14-26)24(35)40-25(3,4)5/h15-19,22,33H,6-14H2,1-5H3,(H,27,31)(H,28,32)(H,29,34)(H,36,37,38)/t16-,17?,18+,19+,22?,26?/m1/s1. The molecule has 3 rings (SSSR count). The highest BCUT2D eigenvalue weighted by Gasteiger charge is 2.51. The Labute approximate surface area is 241 Å². The van der Waals surface area contributed by atoms with Gasteiger partial charge < -0.3 is 35.4 Å². The summed E-state index contributed by atoms with van der Waals surface area (Å²) in [4.78, 5) is 52.0. The van der Waals surface area contributed by atoms with Crippen molar-refractivity contribution in [3.8, 4) is 0 Å². The number of carbonyl (C=O) groups is 4. The minimum atomic E-state index is -4.96. The van der Waals surface area contributed by atoms with Crippen LogP contribution in [0.25, 0.3) is 0 Å². The summed E-state index contributed by atoms with van der Waals surface area (Å²) >= 11 is 0. The summed E-state index contributed by atoms with van der Waals surface area (Å²) < 4.78 is 43.7. The average molecular weight is 605 g/mol. The van der Waals surface area contributed by atoms with E-state index in [1.54, 1.807) is 25.7 Å². The van der Waals surface area contributed by atoms with Gasteiger partial charge in [-0.2, -0.15) is 8.42 Å². The van der Waals surface area contributed by atoms with Gasteiger partial charge in [0.1, 0.15) is 17.7 Å². The normalized spacial score (nSPS) is 26.6. The van der Waals surface area contributed by atoms with E-state index in [9.17, 15) is 37.3 Å². The molecule has 5 N–H and O–H groups in total. The molecular weight excluding hydrogens is 560 g/mol. The molecule has 0 aromatic rings. The SMILES string of the molecule is CC(C)C[C@H](NC(=O)OC1CC2(CCN(C(=O)OC(C)(C)C)C2)C1)C(=O)N[C@@H](C[C@H]1CCNC1=O)C(O)S(=O)(=O)O. The smallest absolute Gasteiger partial charge is 0.410 e. The number of aliphatic hydroxyl groups excluding tert-OH is 1. The number of hydrogen-bond donors (Lipinski definition) is 5. The first kappa shape index (κ1) is 32.9. The van der Waals surface area contributed by atoms with Gasteiger partial charge in [-0.3, -0.25) is 14.1 Å². The lowest BCUT2D eigenvalue weighted by molar-refractivity contribution is -0.126. The molecule has 4 atom stereocenters. The summed E-state index contributed by atoms with van der Waals surface area (Å²) in [6.45, 7) is 10.5. The number of rotatable bonds is 10. The molecule has 1 unspecified atom stereocenters. The number of ether oxygens (including phenoxy) is 2. The van der Waals surface area contributed by atoms with Gasteiger partial charge in [-0.25, -0.2) is 9.59 Å². The van der Waals surface area contributed by atoms with Gasteiger partial charge >= 0.3 is 12.2 Å². The van der Waals surface area contributed by atoms with Gasteiger partial charge in [0, 0.05) is 25.6 Å². The predicted octanol–water partition coefficient (Wildman–Crippen LogP) is 1.13. The van der Waals surface area contributed by atoms with Crippen molar-refractivity contribution in [2.75, 3.05) is 19.6 Å². The molecule has 41 heavy (non-hydrogen) atoms. The number of aliphatic hydroxyl groups is 1. The Kier molecular flexibility index (Phi) is 10.2. The number of likely N-dealkylation sites (tertiary alicyclic amines) is 1. The highest BCUT2D eigenvalue weighted by molar-refractivity contribution is 7.86. The van der Waals surface area contributed by atoms with E-state index in [0.717, 1.165) is 6.42 Å². The van der Waals surface area contributed by atoms with E-state index in [1.165, 1.54) is 0 Å². The van der Waals surface area contributed by atoms with Crippen LogP contribution in [0.5, 0.6) is 0 Å². The lowest BCUT2D eigenvalue weighted by Crippen LogP contribution is -2.55. The van der Waals surface area contributed by atoms with Gasteiger partial charge in [-0.05, 0) is 70.6 Å². The zero-order valence-electron chi connectivity index (χ0n) is 24.3. The maximum atomic E-state index is 13.2. The molecule has 0 radical (unpaired) electrons. The number of nitrogens with zero attached hydrogens (tertiary/aromatic N) is 1. The van der Waals surface area contributed by atoms with Crippen molar-refractivity contribution in [2.24, 2.45) is 17.3 Å². The van der Waals surface area contributed by atoms with Gasteiger partial charge in [-0.15, -0.1) is 0 Å². The quantitative estimate of drug-likeness (QED) is 0.225. The minimum Gasteiger partial charge on any atom is -0.446 e. The molecule has 3 aliphatic rings. The van der Waals surface area contributed by atoms with Crippen molar-refractivity contribution in [1.29, 1.82) is 0 Å². The summed E-state index contributed by atoms with van der Waals surface area (Å²) in [5.74, 6) is -1.84. The van der Waals surface area contributed by atoms with Crippen LogP contribution in [-0.2, 0) is 29.2 Å². The van der Waals surface area contributed by atoms with E-state index in [0.29, 0.717) is 38.9 Å². The average Bonchev–Trinajstić information content (AvgIpc) is 3.42. The van der Waals surface area contributed by atoms with Gasteiger partial charge in [0.15, 0.2) is 0 Å². The van der Waals surface area contributed by atoms with Crippen LogP contribution in [0.15, 0.2) is 0 Å². The van der Waals surface area contributed by atoms with E-state index in [2.05, 4.69) is 16.0 Å². The fourth-order valence-corrected chi connectivity index (χ4v) is 6.28. The molecule has 0 bridgehead atoms. The lowest BCUT2D eigenvalue weighted by Gasteiger charge is -2.44. The maximum Gasteiger partial charge on any atom is 0.410 e. The van der Waals surface area contributed by atoms with Crippen molar-refractivity contribution in [2.45, 2.75) is 102 Å². The van der Waals surface area contributed by atoms with Gasteiger partial charge in [0.2, 0.25) is 17.3 Å². The second-order valence-corrected chi connectivity index (χ2v) is 14.5. The third-order valence-electron chi connectivity index (χ3n) is 7.68. The number of hydrogen-bond acceptors (Lipinski definition) is 9. The van der Waals surface area contributed by atoms with Crippen molar-refractivity contribution >= 4 is 34.1 Å². The Morgan fingerprint density at radius 3 is 2.39 bits per heavy atom. The number of nitrogens with one attached hydrogen (secondary N) is 3. The highest BCUT2D eigenvalue weighted by Crippen LogP contribution is 2.49. The van der Waals surface area contributed by atoms with Gasteiger partial charge in [0.25, 0.3) is 10.1 Å². The van der Waals surface area contributed by atoms with Gasteiger partial charge in [0.05, 0.1) is 6.04 Å². The van der Waals surface area contributed by atoms with E-state index < -0.39 is 57.3 Å². The van der Waals surface area contributed by atoms with Crippen LogP contribution in [0.2, 0.25) is 0 Å². The molecular formula is C26H44N4O10S. The molecule has 2 saturated heterocycles. The van der Waals surface area contributed by atoms with Crippen LogP contribution in [0, 0.1) is 17.3 Å². The molecule has 15 heteroatoms. The fourth-order valence-electron chi connectivity index (χ4n) is 5.68. The van der Waals surface area contributed by atoms with E-state index in [-0.39, 0.29) is 36.2 Å². The predicted molar refractivity (Wildman–Crippen MR) is 146 cm³/mol. The van der Waals surface area contributed by atoms with E-state index in [1.807, 2.05) is 13.8 Å². The first-order valence-electron chi connectivity index (χ1n) is 14.0. The van der Waals surface area contributed by atoms with Gasteiger partial charge in [-0.1, -0.05) is 13.8 Å². The first-order chi connectivity index (χ1) is 18.9. The largest absolute Gasteiger partial charge is 0.446 e. The molecule has 1 saturated carbocycles.